The number of nitrogens with one attached hydrogen (secondary N) is 1. The molecule has 0 aliphatic carbocycles. The number of carbonyl (C=O) groups excluding carboxylic acids is 1. The molecule has 6 nitrogen and oxygen atoms in total. The molecule has 0 atom stereocenters. The third kappa shape index (κ3) is 5.56. The molecular formula is C18H22N2O4S. The number of amides is 1. The Morgan fingerprint density at radius 1 is 1.36 bits per heavy atom. The number of ether oxygens (including phenoxy) is 1. The van der Waals surface area contributed by atoms with Crippen LogP contribution in [0.15, 0.2) is 29.6 Å². The van der Waals surface area contributed by atoms with Crippen LogP contribution in [-0.4, -0.2) is 28.5 Å². The highest BCUT2D eigenvalue weighted by Crippen LogP contribution is 2.20. The first-order chi connectivity index (χ1) is 11.8. The monoisotopic (exact) mass is 362 g/mol. The number of hydrogen-bond donors (Lipinski definition) is 2. The highest BCUT2D eigenvalue weighted by atomic mass is 32.1. The quantitative estimate of drug-likeness (QED) is 0.752. The standard InChI is InChI=1S/C18H22N2O4S/c1-12-20-14(11-25-12)10-24-15-6-4-5-13(9-15)16(21)19-8-7-18(2,3)17(22)23/h4-6,9,11H,7-8,10H2,1-3H3,(H,19,21)(H,22,23). The molecule has 2 aromatic rings. The minimum Gasteiger partial charge on any atom is -0.487 e. The van der Waals surface area contributed by atoms with Gasteiger partial charge < -0.3 is 15.2 Å². The summed E-state index contributed by atoms with van der Waals surface area (Å²) in [7, 11) is 0. The zero-order valence-electron chi connectivity index (χ0n) is 14.5. The van der Waals surface area contributed by atoms with E-state index in [9.17, 15) is 9.59 Å². The van der Waals surface area contributed by atoms with Gasteiger partial charge in [0.15, 0.2) is 0 Å². The lowest BCUT2D eigenvalue weighted by molar-refractivity contribution is -0.147. The third-order valence-electron chi connectivity index (χ3n) is 3.76. The summed E-state index contributed by atoms with van der Waals surface area (Å²) >= 11 is 1.56. The van der Waals surface area contributed by atoms with Crippen LogP contribution in [0, 0.1) is 12.3 Å². The molecule has 7 heteroatoms. The van der Waals surface area contributed by atoms with Crippen LogP contribution in [0.4, 0.5) is 0 Å². The van der Waals surface area contributed by atoms with Crippen LogP contribution in [0.5, 0.6) is 5.75 Å². The largest absolute Gasteiger partial charge is 0.487 e. The van der Waals surface area contributed by atoms with Crippen LogP contribution in [0.1, 0.15) is 41.3 Å². The van der Waals surface area contributed by atoms with E-state index in [4.69, 9.17) is 9.84 Å². The molecule has 1 amide bonds. The number of carbonyl (C=O) groups is 2. The lowest BCUT2D eigenvalue weighted by atomic mass is 9.90. The Labute approximate surface area is 150 Å². The number of carboxylic acid groups (broad SMARTS) is 1. The van der Waals surface area contributed by atoms with E-state index in [2.05, 4.69) is 10.3 Å². The number of aromatic nitrogens is 1. The van der Waals surface area contributed by atoms with Crippen molar-refractivity contribution in [3.8, 4) is 5.75 Å². The molecule has 134 valence electrons. The van der Waals surface area contributed by atoms with Gasteiger partial charge in [-0.05, 0) is 45.4 Å². The van der Waals surface area contributed by atoms with Crippen molar-refractivity contribution in [3.63, 3.8) is 0 Å². The van der Waals surface area contributed by atoms with Crippen LogP contribution in [0.3, 0.4) is 0 Å². The zero-order valence-corrected chi connectivity index (χ0v) is 15.4. The molecule has 2 N–H and O–H groups in total. The molecule has 0 aliphatic heterocycles. The van der Waals surface area contributed by atoms with E-state index in [1.54, 1.807) is 49.4 Å². The molecule has 0 saturated heterocycles. The third-order valence-corrected chi connectivity index (χ3v) is 4.59. The maximum Gasteiger partial charge on any atom is 0.309 e. The van der Waals surface area contributed by atoms with Gasteiger partial charge in [0, 0.05) is 17.5 Å². The number of benzene rings is 1. The van der Waals surface area contributed by atoms with E-state index in [0.29, 0.717) is 30.9 Å². The van der Waals surface area contributed by atoms with E-state index in [1.165, 1.54) is 0 Å². The van der Waals surface area contributed by atoms with Crippen molar-refractivity contribution in [1.29, 1.82) is 0 Å². The smallest absolute Gasteiger partial charge is 0.309 e. The van der Waals surface area contributed by atoms with Gasteiger partial charge in [-0.2, -0.15) is 0 Å². The lowest BCUT2D eigenvalue weighted by Crippen LogP contribution is -2.31. The second-order valence-electron chi connectivity index (χ2n) is 6.37. The molecule has 1 aromatic heterocycles. The van der Waals surface area contributed by atoms with Gasteiger partial charge in [0.05, 0.1) is 16.1 Å². The molecule has 0 radical (unpaired) electrons. The molecule has 1 heterocycles. The van der Waals surface area contributed by atoms with E-state index in [1.807, 2.05) is 12.3 Å². The summed E-state index contributed by atoms with van der Waals surface area (Å²) < 4.78 is 5.67. The minimum atomic E-state index is -0.880. The Morgan fingerprint density at radius 2 is 2.12 bits per heavy atom. The Morgan fingerprint density at radius 3 is 2.76 bits per heavy atom. The second kappa shape index (κ2) is 8.11. The molecule has 0 unspecified atom stereocenters. The van der Waals surface area contributed by atoms with Gasteiger partial charge in [0.25, 0.3) is 5.91 Å². The molecule has 25 heavy (non-hydrogen) atoms. The highest BCUT2D eigenvalue weighted by molar-refractivity contribution is 7.09. The van der Waals surface area contributed by atoms with Gasteiger partial charge in [-0.25, -0.2) is 4.98 Å². The van der Waals surface area contributed by atoms with Crippen molar-refractivity contribution in [1.82, 2.24) is 10.3 Å². The Bertz CT molecular complexity index is 755. The second-order valence-corrected chi connectivity index (χ2v) is 7.43. The first-order valence-electron chi connectivity index (χ1n) is 7.93. The van der Waals surface area contributed by atoms with Gasteiger partial charge in [-0.3, -0.25) is 9.59 Å². The number of nitrogens with zero attached hydrogens (tertiary/aromatic N) is 1. The SMILES string of the molecule is Cc1nc(COc2cccc(C(=O)NCCC(C)(C)C(=O)O)c2)cs1. The average molecular weight is 362 g/mol. The summed E-state index contributed by atoms with van der Waals surface area (Å²) in [4.78, 5) is 27.6. The van der Waals surface area contributed by atoms with E-state index < -0.39 is 11.4 Å². The van der Waals surface area contributed by atoms with Crippen molar-refractivity contribution < 1.29 is 19.4 Å². The van der Waals surface area contributed by atoms with Crippen LogP contribution < -0.4 is 10.1 Å². The lowest BCUT2D eigenvalue weighted by Gasteiger charge is -2.18. The number of aliphatic carboxylic acids is 1. The van der Waals surface area contributed by atoms with Crippen molar-refractivity contribution >= 4 is 23.2 Å². The molecule has 1 aromatic carbocycles. The fraction of sp³-hybridized carbons (Fsp3) is 0.389. The van der Waals surface area contributed by atoms with Crippen molar-refractivity contribution in [2.75, 3.05) is 6.54 Å². The zero-order chi connectivity index (χ0) is 18.4. The van der Waals surface area contributed by atoms with Crippen LogP contribution >= 0.6 is 11.3 Å². The number of carboxylic acids is 1. The summed E-state index contributed by atoms with van der Waals surface area (Å²) in [5, 5.41) is 14.7. The van der Waals surface area contributed by atoms with Gasteiger partial charge in [0.1, 0.15) is 12.4 Å². The Kier molecular flexibility index (Phi) is 6.14. The van der Waals surface area contributed by atoms with Crippen molar-refractivity contribution in [3.05, 3.63) is 45.9 Å². The number of rotatable bonds is 8. The maximum absolute atomic E-state index is 12.2. The average Bonchev–Trinajstić information content (AvgIpc) is 2.98. The van der Waals surface area contributed by atoms with E-state index in [0.717, 1.165) is 10.7 Å². The van der Waals surface area contributed by atoms with Gasteiger partial charge in [0.2, 0.25) is 0 Å². The van der Waals surface area contributed by atoms with Crippen molar-refractivity contribution in [2.45, 2.75) is 33.8 Å². The van der Waals surface area contributed by atoms with E-state index in [-0.39, 0.29) is 5.91 Å². The number of thiazole rings is 1. The molecular weight excluding hydrogens is 340 g/mol. The van der Waals surface area contributed by atoms with E-state index >= 15 is 0 Å². The van der Waals surface area contributed by atoms with Crippen molar-refractivity contribution in [2.24, 2.45) is 5.41 Å². The fourth-order valence-corrected chi connectivity index (χ4v) is 2.65. The summed E-state index contributed by atoms with van der Waals surface area (Å²) in [5.74, 6) is -0.547. The molecule has 0 aliphatic rings. The number of aryl methyl sites for hydroxylation is 1. The topological polar surface area (TPSA) is 88.5 Å². The van der Waals surface area contributed by atoms with Gasteiger partial charge >= 0.3 is 5.97 Å². The molecule has 0 spiro atoms. The Balaban J connectivity index is 1.89. The minimum absolute atomic E-state index is 0.254. The summed E-state index contributed by atoms with van der Waals surface area (Å²) in [6, 6.07) is 6.88. The molecule has 0 saturated carbocycles. The normalized spacial score (nSPS) is 11.2. The first-order valence-corrected chi connectivity index (χ1v) is 8.81. The fourth-order valence-electron chi connectivity index (χ4n) is 2.06. The molecule has 2 rings (SSSR count). The van der Waals surface area contributed by atoms with Crippen LogP contribution in [0.2, 0.25) is 0 Å². The van der Waals surface area contributed by atoms with Crippen LogP contribution in [0.25, 0.3) is 0 Å². The summed E-state index contributed by atoms with van der Waals surface area (Å²) in [6.45, 7) is 5.85. The first kappa shape index (κ1) is 18.9. The van der Waals surface area contributed by atoms with Gasteiger partial charge in [-0.1, -0.05) is 6.07 Å². The summed E-state index contributed by atoms with van der Waals surface area (Å²) in [6.07, 6.45) is 0.355. The molecule has 0 fully saturated rings. The van der Waals surface area contributed by atoms with Gasteiger partial charge in [-0.15, -0.1) is 11.3 Å². The predicted molar refractivity (Wildman–Crippen MR) is 96.0 cm³/mol. The Hall–Kier alpha value is -2.41. The summed E-state index contributed by atoms with van der Waals surface area (Å²) in [5.41, 5.74) is 0.456. The van der Waals surface area contributed by atoms with Crippen LogP contribution in [-0.2, 0) is 11.4 Å². The predicted octanol–water partition coefficient (Wildman–Crippen LogP) is 3.26. The maximum atomic E-state index is 12.2. The molecule has 0 bridgehead atoms. The highest BCUT2D eigenvalue weighted by Gasteiger charge is 2.26. The number of hydrogen-bond acceptors (Lipinski definition) is 5.